The summed E-state index contributed by atoms with van der Waals surface area (Å²) >= 11 is 0. The summed E-state index contributed by atoms with van der Waals surface area (Å²) in [5, 5.41) is 0. The fourth-order valence-electron chi connectivity index (χ4n) is 3.80. The summed E-state index contributed by atoms with van der Waals surface area (Å²) in [5.74, 6) is 0. The maximum Gasteiger partial charge on any atom is 0.0731 e. The Labute approximate surface area is 195 Å². The van der Waals surface area contributed by atoms with E-state index in [1.807, 2.05) is 110 Å². The number of benzene rings is 4. The summed E-state index contributed by atoms with van der Waals surface area (Å²) in [7, 11) is 0. The van der Waals surface area contributed by atoms with Gasteiger partial charge in [-0.25, -0.2) is 0 Å². The maximum atomic E-state index is 4.88. The average molecular weight is 430 g/mol. The monoisotopic (exact) mass is 429 g/mol. The number of nitrogens with zero attached hydrogens (tertiary/aromatic N) is 3. The van der Waals surface area contributed by atoms with E-state index in [9.17, 15) is 0 Å². The Hall–Kier alpha value is -4.11. The minimum atomic E-state index is 0.907. The lowest BCUT2D eigenvalue weighted by Gasteiger charge is -2.15. The van der Waals surface area contributed by atoms with Gasteiger partial charge in [0.15, 0.2) is 0 Å². The number of hydrogen-bond acceptors (Lipinski definition) is 3. The van der Waals surface area contributed by atoms with Gasteiger partial charge in [0, 0.05) is 35.3 Å². The molecule has 0 N–H and O–H groups in total. The zero-order valence-corrected chi connectivity index (χ0v) is 19.2. The Morgan fingerprint density at radius 2 is 0.636 bits per heavy atom. The van der Waals surface area contributed by atoms with Crippen LogP contribution in [-0.2, 0) is 0 Å². The molecule has 4 aromatic rings. The molecule has 0 amide bonds. The van der Waals surface area contributed by atoms with E-state index < -0.39 is 0 Å². The summed E-state index contributed by atoms with van der Waals surface area (Å²) in [6.07, 6.45) is 5.71. The van der Waals surface area contributed by atoms with Gasteiger partial charge in [-0.05, 0) is 37.5 Å². The molecule has 0 aliphatic heterocycles. The van der Waals surface area contributed by atoms with Crippen molar-refractivity contribution in [3.63, 3.8) is 0 Å². The van der Waals surface area contributed by atoms with Crippen molar-refractivity contribution in [1.82, 2.24) is 0 Å². The predicted molar refractivity (Wildman–Crippen MR) is 142 cm³/mol. The van der Waals surface area contributed by atoms with Crippen molar-refractivity contribution >= 4 is 35.7 Å². The molecule has 4 rings (SSSR count). The molecule has 3 heteroatoms. The van der Waals surface area contributed by atoms with Gasteiger partial charge in [0.25, 0.3) is 0 Å². The molecule has 0 saturated carbocycles. The number of rotatable bonds is 6. The highest BCUT2D eigenvalue weighted by Gasteiger charge is 2.16. The first-order chi connectivity index (χ1) is 16.1. The zero-order valence-electron chi connectivity index (χ0n) is 19.2. The van der Waals surface area contributed by atoms with Crippen LogP contribution < -0.4 is 0 Å². The summed E-state index contributed by atoms with van der Waals surface area (Å²) in [6.45, 7) is 6.25. The summed E-state index contributed by atoms with van der Waals surface area (Å²) in [4.78, 5) is 14.6. The van der Waals surface area contributed by atoms with Gasteiger partial charge in [-0.1, -0.05) is 91.0 Å². The SMILES string of the molecule is Cc1c(N=Cc2ccccc2)c(C)c(N=Cc2ccccc2)c(C)c1N=Cc1ccccc1. The third kappa shape index (κ3) is 5.39. The lowest BCUT2D eigenvalue weighted by molar-refractivity contribution is 1.24. The van der Waals surface area contributed by atoms with Crippen molar-refractivity contribution in [2.45, 2.75) is 20.8 Å². The van der Waals surface area contributed by atoms with E-state index in [0.29, 0.717) is 0 Å². The Kier molecular flexibility index (Phi) is 7.01. The van der Waals surface area contributed by atoms with E-state index in [-0.39, 0.29) is 0 Å². The average Bonchev–Trinajstić information content (AvgIpc) is 2.86. The van der Waals surface area contributed by atoms with Gasteiger partial charge in [-0.3, -0.25) is 15.0 Å². The van der Waals surface area contributed by atoms with Gasteiger partial charge in [-0.15, -0.1) is 0 Å². The van der Waals surface area contributed by atoms with Crippen molar-refractivity contribution in [2.75, 3.05) is 0 Å². The van der Waals surface area contributed by atoms with Gasteiger partial charge in [-0.2, -0.15) is 0 Å². The lowest BCUT2D eigenvalue weighted by Crippen LogP contribution is -1.92. The summed E-state index contributed by atoms with van der Waals surface area (Å²) in [5.41, 5.74) is 9.02. The molecule has 0 bridgehead atoms. The highest BCUT2D eigenvalue weighted by Crippen LogP contribution is 2.42. The molecule has 0 unspecified atom stereocenters. The van der Waals surface area contributed by atoms with Gasteiger partial charge < -0.3 is 0 Å². The van der Waals surface area contributed by atoms with Crippen molar-refractivity contribution in [3.8, 4) is 0 Å². The molecule has 0 aromatic heterocycles. The van der Waals surface area contributed by atoms with Crippen molar-refractivity contribution in [1.29, 1.82) is 0 Å². The summed E-state index contributed by atoms with van der Waals surface area (Å²) < 4.78 is 0. The largest absolute Gasteiger partial charge is 0.256 e. The maximum absolute atomic E-state index is 4.88. The first kappa shape index (κ1) is 22.1. The molecular weight excluding hydrogens is 402 g/mol. The highest BCUT2D eigenvalue weighted by molar-refractivity contribution is 5.90. The molecule has 0 saturated heterocycles. The van der Waals surface area contributed by atoms with Gasteiger partial charge >= 0.3 is 0 Å². The Morgan fingerprint density at radius 3 is 0.879 bits per heavy atom. The van der Waals surface area contributed by atoms with Gasteiger partial charge in [0.1, 0.15) is 0 Å². The molecule has 0 aliphatic rings. The third-order valence-corrected chi connectivity index (χ3v) is 5.56. The van der Waals surface area contributed by atoms with Crippen LogP contribution in [-0.4, -0.2) is 18.6 Å². The minimum Gasteiger partial charge on any atom is -0.256 e. The van der Waals surface area contributed by atoms with Crippen molar-refractivity contribution in [2.24, 2.45) is 15.0 Å². The van der Waals surface area contributed by atoms with Crippen molar-refractivity contribution in [3.05, 3.63) is 124 Å². The molecule has 3 nitrogen and oxygen atoms in total. The molecule has 0 spiro atoms. The standard InChI is InChI=1S/C30H27N3/c1-22-28(31-19-25-13-7-4-8-14-25)23(2)30(33-21-27-17-11-6-12-18-27)24(3)29(22)32-20-26-15-9-5-10-16-26/h4-21H,1-3H3. The molecule has 0 heterocycles. The van der Waals surface area contributed by atoms with E-state index >= 15 is 0 Å². The zero-order chi connectivity index (χ0) is 23.0. The molecular formula is C30H27N3. The number of hydrogen-bond donors (Lipinski definition) is 0. The van der Waals surface area contributed by atoms with Crippen LogP contribution in [0.1, 0.15) is 33.4 Å². The number of aliphatic imine (C=N–C) groups is 3. The Balaban J connectivity index is 1.83. The van der Waals surface area contributed by atoms with Crippen LogP contribution in [0.4, 0.5) is 17.1 Å². The first-order valence-electron chi connectivity index (χ1n) is 11.0. The molecule has 0 aliphatic carbocycles. The van der Waals surface area contributed by atoms with Crippen LogP contribution in [0.2, 0.25) is 0 Å². The van der Waals surface area contributed by atoms with Gasteiger partial charge in [0.2, 0.25) is 0 Å². The van der Waals surface area contributed by atoms with Gasteiger partial charge in [0.05, 0.1) is 17.1 Å². The second-order valence-corrected chi connectivity index (χ2v) is 7.93. The van der Waals surface area contributed by atoms with Crippen LogP contribution in [0, 0.1) is 20.8 Å². The van der Waals surface area contributed by atoms with Crippen LogP contribution in [0.5, 0.6) is 0 Å². The predicted octanol–water partition coefficient (Wildman–Crippen LogP) is 7.86. The minimum absolute atomic E-state index is 0.907. The lowest BCUT2D eigenvalue weighted by atomic mass is 9.99. The van der Waals surface area contributed by atoms with E-state index in [2.05, 4.69) is 20.8 Å². The highest BCUT2D eigenvalue weighted by atomic mass is 14.8. The van der Waals surface area contributed by atoms with E-state index in [0.717, 1.165) is 50.4 Å². The molecule has 33 heavy (non-hydrogen) atoms. The Bertz CT molecular complexity index is 1120. The first-order valence-corrected chi connectivity index (χ1v) is 11.0. The molecule has 0 radical (unpaired) electrons. The molecule has 0 fully saturated rings. The molecule has 162 valence electrons. The second kappa shape index (κ2) is 10.5. The molecule has 0 atom stereocenters. The Morgan fingerprint density at radius 1 is 0.394 bits per heavy atom. The van der Waals surface area contributed by atoms with Crippen LogP contribution in [0.25, 0.3) is 0 Å². The topological polar surface area (TPSA) is 37.1 Å². The fourth-order valence-corrected chi connectivity index (χ4v) is 3.80. The van der Waals surface area contributed by atoms with Crippen LogP contribution in [0.3, 0.4) is 0 Å². The van der Waals surface area contributed by atoms with E-state index in [1.54, 1.807) is 0 Å². The quantitative estimate of drug-likeness (QED) is 0.280. The van der Waals surface area contributed by atoms with Crippen molar-refractivity contribution < 1.29 is 0 Å². The second-order valence-electron chi connectivity index (χ2n) is 7.93. The van der Waals surface area contributed by atoms with E-state index in [4.69, 9.17) is 15.0 Å². The fraction of sp³-hybridized carbons (Fsp3) is 0.100. The summed E-state index contributed by atoms with van der Waals surface area (Å²) in [6, 6.07) is 30.4. The van der Waals surface area contributed by atoms with Crippen LogP contribution >= 0.6 is 0 Å². The molecule has 4 aromatic carbocycles. The smallest absolute Gasteiger partial charge is 0.0731 e. The van der Waals surface area contributed by atoms with Crippen LogP contribution in [0.15, 0.2) is 106 Å². The normalized spacial score (nSPS) is 11.7. The van der Waals surface area contributed by atoms with E-state index in [1.165, 1.54) is 0 Å². The third-order valence-electron chi connectivity index (χ3n) is 5.56.